The summed E-state index contributed by atoms with van der Waals surface area (Å²) >= 11 is 0. The molecule has 1 saturated heterocycles. The van der Waals surface area contributed by atoms with E-state index in [4.69, 9.17) is 0 Å². The average molecular weight is 349 g/mol. The second-order valence-electron chi connectivity index (χ2n) is 6.56. The van der Waals surface area contributed by atoms with E-state index >= 15 is 0 Å². The standard InChI is InChI=1S/C21H20FN3O/c1-15-8-9-19(17-6-4-10-23-20(15)17)24-11-13-25(14-12-24)21(26)16-5-2-3-7-18(16)22/h2-10H,11-14H2,1H3. The Morgan fingerprint density at radius 1 is 1.00 bits per heavy atom. The zero-order chi connectivity index (χ0) is 18.1. The second-order valence-corrected chi connectivity index (χ2v) is 6.56. The van der Waals surface area contributed by atoms with Gasteiger partial charge in [-0.2, -0.15) is 0 Å². The van der Waals surface area contributed by atoms with Crippen LogP contribution in [0.1, 0.15) is 15.9 Å². The number of nitrogens with zero attached hydrogens (tertiary/aromatic N) is 3. The lowest BCUT2D eigenvalue weighted by atomic mass is 10.1. The smallest absolute Gasteiger partial charge is 0.256 e. The number of carbonyl (C=O) groups excluding carboxylic acids is 1. The number of rotatable bonds is 2. The highest BCUT2D eigenvalue weighted by molar-refractivity contribution is 5.95. The van der Waals surface area contributed by atoms with E-state index in [1.165, 1.54) is 6.07 Å². The Morgan fingerprint density at radius 3 is 2.54 bits per heavy atom. The van der Waals surface area contributed by atoms with Gasteiger partial charge in [0.25, 0.3) is 5.91 Å². The largest absolute Gasteiger partial charge is 0.367 e. The predicted molar refractivity (Wildman–Crippen MR) is 101 cm³/mol. The van der Waals surface area contributed by atoms with E-state index in [1.54, 1.807) is 23.1 Å². The molecule has 1 amide bonds. The van der Waals surface area contributed by atoms with E-state index in [2.05, 4.69) is 35.0 Å². The zero-order valence-electron chi connectivity index (χ0n) is 14.7. The summed E-state index contributed by atoms with van der Waals surface area (Å²) in [5.41, 5.74) is 3.44. The SMILES string of the molecule is Cc1ccc(N2CCN(C(=O)c3ccccc3F)CC2)c2cccnc12. The number of aromatic nitrogens is 1. The van der Waals surface area contributed by atoms with Crippen molar-refractivity contribution in [1.82, 2.24) is 9.88 Å². The molecule has 1 aromatic heterocycles. The van der Waals surface area contributed by atoms with Crippen molar-refractivity contribution in [2.24, 2.45) is 0 Å². The van der Waals surface area contributed by atoms with E-state index in [1.807, 2.05) is 12.3 Å². The lowest BCUT2D eigenvalue weighted by Crippen LogP contribution is -2.49. The van der Waals surface area contributed by atoms with Crippen LogP contribution in [0.4, 0.5) is 10.1 Å². The van der Waals surface area contributed by atoms with E-state index in [9.17, 15) is 9.18 Å². The summed E-state index contributed by atoms with van der Waals surface area (Å²) in [5.74, 6) is -0.700. The molecule has 1 fully saturated rings. The minimum absolute atomic E-state index is 0.144. The minimum Gasteiger partial charge on any atom is -0.367 e. The first-order chi connectivity index (χ1) is 12.6. The number of halogens is 1. The third kappa shape index (κ3) is 2.90. The highest BCUT2D eigenvalue weighted by atomic mass is 19.1. The van der Waals surface area contributed by atoms with Crippen molar-refractivity contribution in [1.29, 1.82) is 0 Å². The number of aryl methyl sites for hydroxylation is 1. The molecule has 0 bridgehead atoms. The number of hydrogen-bond acceptors (Lipinski definition) is 3. The molecule has 3 aromatic rings. The van der Waals surface area contributed by atoms with E-state index in [-0.39, 0.29) is 11.5 Å². The van der Waals surface area contributed by atoms with Gasteiger partial charge in [0.05, 0.1) is 11.1 Å². The molecule has 26 heavy (non-hydrogen) atoms. The molecule has 1 aliphatic heterocycles. The molecule has 0 radical (unpaired) electrons. The van der Waals surface area contributed by atoms with Gasteiger partial charge in [-0.25, -0.2) is 4.39 Å². The lowest BCUT2D eigenvalue weighted by Gasteiger charge is -2.36. The maximum atomic E-state index is 13.9. The molecule has 4 nitrogen and oxygen atoms in total. The fourth-order valence-corrected chi connectivity index (χ4v) is 3.53. The summed E-state index contributed by atoms with van der Waals surface area (Å²) in [7, 11) is 0. The number of benzene rings is 2. The molecule has 0 saturated carbocycles. The Labute approximate surface area is 151 Å². The van der Waals surface area contributed by atoms with Gasteiger partial charge in [-0.3, -0.25) is 9.78 Å². The molecular formula is C21H20FN3O. The summed E-state index contributed by atoms with van der Waals surface area (Å²) < 4.78 is 13.9. The third-order valence-electron chi connectivity index (χ3n) is 4.96. The van der Waals surface area contributed by atoms with Crippen LogP contribution in [0.5, 0.6) is 0 Å². The molecule has 0 spiro atoms. The van der Waals surface area contributed by atoms with Crippen LogP contribution in [0.2, 0.25) is 0 Å². The Kier molecular flexibility index (Phi) is 4.29. The van der Waals surface area contributed by atoms with Gasteiger partial charge < -0.3 is 9.80 Å². The molecule has 2 aromatic carbocycles. The first-order valence-corrected chi connectivity index (χ1v) is 8.78. The highest BCUT2D eigenvalue weighted by Gasteiger charge is 2.24. The fourth-order valence-electron chi connectivity index (χ4n) is 3.53. The normalized spacial score (nSPS) is 14.7. The number of pyridine rings is 1. The number of piperazine rings is 1. The first-order valence-electron chi connectivity index (χ1n) is 8.78. The Morgan fingerprint density at radius 2 is 1.77 bits per heavy atom. The third-order valence-corrected chi connectivity index (χ3v) is 4.96. The number of fused-ring (bicyclic) bond motifs is 1. The molecule has 4 rings (SSSR count). The number of carbonyl (C=O) groups is 1. The van der Waals surface area contributed by atoms with Crippen molar-refractivity contribution < 1.29 is 9.18 Å². The van der Waals surface area contributed by atoms with Crippen LogP contribution in [0.3, 0.4) is 0 Å². The van der Waals surface area contributed by atoms with Gasteiger partial charge in [0.1, 0.15) is 5.82 Å². The molecule has 1 aliphatic rings. The van der Waals surface area contributed by atoms with Gasteiger partial charge in [-0.15, -0.1) is 0 Å². The highest BCUT2D eigenvalue weighted by Crippen LogP contribution is 2.28. The zero-order valence-corrected chi connectivity index (χ0v) is 14.7. The number of hydrogen-bond donors (Lipinski definition) is 0. The monoisotopic (exact) mass is 349 g/mol. The topological polar surface area (TPSA) is 36.4 Å². The second kappa shape index (κ2) is 6.75. The number of amides is 1. The van der Waals surface area contributed by atoms with Crippen molar-refractivity contribution in [3.63, 3.8) is 0 Å². The van der Waals surface area contributed by atoms with E-state index in [0.29, 0.717) is 26.2 Å². The summed E-state index contributed by atoms with van der Waals surface area (Å²) in [6, 6.07) is 14.4. The summed E-state index contributed by atoms with van der Waals surface area (Å²) in [5, 5.41) is 1.13. The molecule has 0 aliphatic carbocycles. The van der Waals surface area contributed by atoms with Gasteiger partial charge in [0.15, 0.2) is 0 Å². The Hall–Kier alpha value is -2.95. The predicted octanol–water partition coefficient (Wildman–Crippen LogP) is 3.64. The van der Waals surface area contributed by atoms with Crippen LogP contribution in [0.15, 0.2) is 54.7 Å². The number of anilines is 1. The molecule has 0 unspecified atom stereocenters. The summed E-state index contributed by atoms with van der Waals surface area (Å²) in [4.78, 5) is 21.1. The van der Waals surface area contributed by atoms with Crippen LogP contribution in [-0.4, -0.2) is 42.0 Å². The Bertz CT molecular complexity index is 964. The molecule has 5 heteroatoms. The molecule has 0 atom stereocenters. The maximum absolute atomic E-state index is 13.9. The van der Waals surface area contributed by atoms with Gasteiger partial charge in [-0.1, -0.05) is 18.2 Å². The van der Waals surface area contributed by atoms with Crippen molar-refractivity contribution in [3.05, 3.63) is 71.7 Å². The van der Waals surface area contributed by atoms with Crippen molar-refractivity contribution in [2.45, 2.75) is 6.92 Å². The van der Waals surface area contributed by atoms with Gasteiger partial charge in [-0.05, 0) is 42.8 Å². The van der Waals surface area contributed by atoms with Crippen molar-refractivity contribution >= 4 is 22.5 Å². The minimum atomic E-state index is -0.462. The van der Waals surface area contributed by atoms with Crippen LogP contribution in [0, 0.1) is 12.7 Å². The van der Waals surface area contributed by atoms with Crippen LogP contribution in [0.25, 0.3) is 10.9 Å². The molecular weight excluding hydrogens is 329 g/mol. The molecule has 132 valence electrons. The quantitative estimate of drug-likeness (QED) is 0.709. The van der Waals surface area contributed by atoms with Gasteiger partial charge in [0, 0.05) is 43.4 Å². The maximum Gasteiger partial charge on any atom is 0.256 e. The lowest BCUT2D eigenvalue weighted by molar-refractivity contribution is 0.0742. The fraction of sp³-hybridized carbons (Fsp3) is 0.238. The molecule has 2 heterocycles. The van der Waals surface area contributed by atoms with E-state index < -0.39 is 5.82 Å². The van der Waals surface area contributed by atoms with Crippen LogP contribution >= 0.6 is 0 Å². The van der Waals surface area contributed by atoms with Crippen LogP contribution < -0.4 is 4.90 Å². The Balaban J connectivity index is 1.54. The van der Waals surface area contributed by atoms with Crippen molar-refractivity contribution in [3.8, 4) is 0 Å². The summed E-state index contributed by atoms with van der Waals surface area (Å²) in [6.07, 6.45) is 1.81. The van der Waals surface area contributed by atoms with Crippen molar-refractivity contribution in [2.75, 3.05) is 31.1 Å². The molecule has 0 N–H and O–H groups in total. The first kappa shape index (κ1) is 16.5. The van der Waals surface area contributed by atoms with Gasteiger partial charge in [0.2, 0.25) is 0 Å². The van der Waals surface area contributed by atoms with E-state index in [0.717, 1.165) is 22.2 Å². The van der Waals surface area contributed by atoms with Crippen LogP contribution in [-0.2, 0) is 0 Å². The average Bonchev–Trinajstić information content (AvgIpc) is 2.69. The van der Waals surface area contributed by atoms with Gasteiger partial charge >= 0.3 is 0 Å². The summed E-state index contributed by atoms with van der Waals surface area (Å²) in [6.45, 7) is 4.64.